The first kappa shape index (κ1) is 29.7. The number of pyridine rings is 1. The molecule has 1 aromatic carbocycles. The van der Waals surface area contributed by atoms with Gasteiger partial charge in [-0.3, -0.25) is 14.4 Å². The van der Waals surface area contributed by atoms with Gasteiger partial charge >= 0.3 is 6.09 Å². The second-order valence-corrected chi connectivity index (χ2v) is 10.6. The van der Waals surface area contributed by atoms with Gasteiger partial charge in [0.25, 0.3) is 11.8 Å². The molecule has 0 aliphatic carbocycles. The lowest BCUT2D eigenvalue weighted by Crippen LogP contribution is -2.52. The Bertz CT molecular complexity index is 1500. The van der Waals surface area contributed by atoms with Gasteiger partial charge in [0.05, 0.1) is 25.2 Å². The van der Waals surface area contributed by atoms with Crippen molar-refractivity contribution in [1.29, 1.82) is 0 Å². The van der Waals surface area contributed by atoms with E-state index in [0.29, 0.717) is 74.9 Å². The predicted molar refractivity (Wildman–Crippen MR) is 154 cm³/mol. The molecule has 2 aliphatic rings. The van der Waals surface area contributed by atoms with Gasteiger partial charge < -0.3 is 34.1 Å². The number of carbonyl (C=O) groups is 4. The van der Waals surface area contributed by atoms with E-state index in [1.165, 1.54) is 6.07 Å². The first-order valence-corrected chi connectivity index (χ1v) is 14.5. The SMILES string of the molecule is CCCCOC(=O)N1CCN(C(=O)CNC(=O)c2cc(OCC(=O)N3CCn4cnnc4C3)c3ccc(C)cc3n2)CC1. The maximum atomic E-state index is 13.1. The number of nitrogens with one attached hydrogen (secondary N) is 1. The van der Waals surface area contributed by atoms with Crippen LogP contribution in [0.1, 0.15) is 41.6 Å². The second kappa shape index (κ2) is 13.5. The number of hydrogen-bond donors (Lipinski definition) is 1. The summed E-state index contributed by atoms with van der Waals surface area (Å²) in [6.45, 7) is 6.79. The summed E-state index contributed by atoms with van der Waals surface area (Å²) in [7, 11) is 0. The fourth-order valence-corrected chi connectivity index (χ4v) is 4.94. The third-order valence-corrected chi connectivity index (χ3v) is 7.52. The number of nitrogens with zero attached hydrogens (tertiary/aromatic N) is 7. The molecule has 0 unspecified atom stereocenters. The van der Waals surface area contributed by atoms with E-state index in [-0.39, 0.29) is 36.8 Å². The number of fused-ring (bicyclic) bond motifs is 2. The summed E-state index contributed by atoms with van der Waals surface area (Å²) in [6, 6.07) is 7.06. The second-order valence-electron chi connectivity index (χ2n) is 10.6. The van der Waals surface area contributed by atoms with Gasteiger partial charge in [-0.2, -0.15) is 0 Å². The van der Waals surface area contributed by atoms with Crippen LogP contribution in [0.3, 0.4) is 0 Å². The molecule has 0 bridgehead atoms. The number of aromatic nitrogens is 4. The number of ether oxygens (including phenoxy) is 2. The number of hydrogen-bond acceptors (Lipinski definition) is 9. The van der Waals surface area contributed by atoms with Gasteiger partial charge in [0.15, 0.2) is 12.4 Å². The monoisotopic (exact) mass is 592 g/mol. The highest BCUT2D eigenvalue weighted by Crippen LogP contribution is 2.27. The van der Waals surface area contributed by atoms with Crippen molar-refractivity contribution in [2.75, 3.05) is 52.5 Å². The van der Waals surface area contributed by atoms with Crippen molar-refractivity contribution >= 4 is 34.7 Å². The molecule has 14 nitrogen and oxygen atoms in total. The Morgan fingerprint density at radius 1 is 0.953 bits per heavy atom. The molecule has 4 heterocycles. The highest BCUT2D eigenvalue weighted by atomic mass is 16.6. The largest absolute Gasteiger partial charge is 0.483 e. The van der Waals surface area contributed by atoms with E-state index >= 15 is 0 Å². The number of unbranched alkanes of at least 4 members (excludes halogenated alkanes) is 1. The first-order valence-electron chi connectivity index (χ1n) is 14.5. The number of benzene rings is 1. The molecule has 228 valence electrons. The van der Waals surface area contributed by atoms with Gasteiger partial charge in [0, 0.05) is 50.7 Å². The van der Waals surface area contributed by atoms with Crippen LogP contribution in [0.4, 0.5) is 4.79 Å². The molecule has 43 heavy (non-hydrogen) atoms. The van der Waals surface area contributed by atoms with Crippen LogP contribution >= 0.6 is 0 Å². The van der Waals surface area contributed by atoms with E-state index in [1.54, 1.807) is 21.0 Å². The first-order chi connectivity index (χ1) is 20.8. The molecular formula is C29H36N8O6. The average Bonchev–Trinajstić information content (AvgIpc) is 3.50. The Hall–Kier alpha value is -4.75. The molecule has 1 saturated heterocycles. The van der Waals surface area contributed by atoms with E-state index in [0.717, 1.165) is 18.4 Å². The molecular weight excluding hydrogens is 556 g/mol. The third kappa shape index (κ3) is 7.19. The highest BCUT2D eigenvalue weighted by Gasteiger charge is 2.26. The Balaban J connectivity index is 1.18. The normalized spacial score (nSPS) is 14.8. The lowest BCUT2D eigenvalue weighted by molar-refractivity contribution is -0.135. The summed E-state index contributed by atoms with van der Waals surface area (Å²) in [4.78, 5) is 60.4. The van der Waals surface area contributed by atoms with E-state index in [9.17, 15) is 19.2 Å². The van der Waals surface area contributed by atoms with Gasteiger partial charge in [-0.05, 0) is 31.0 Å². The smallest absolute Gasteiger partial charge is 0.409 e. The number of carbonyl (C=O) groups excluding carboxylic acids is 4. The van der Waals surface area contributed by atoms with E-state index < -0.39 is 5.91 Å². The number of piperazine rings is 1. The van der Waals surface area contributed by atoms with Gasteiger partial charge in [-0.15, -0.1) is 10.2 Å². The van der Waals surface area contributed by atoms with Gasteiger partial charge in [-0.25, -0.2) is 9.78 Å². The molecule has 0 radical (unpaired) electrons. The minimum Gasteiger partial charge on any atom is -0.483 e. The Morgan fingerprint density at radius 3 is 2.51 bits per heavy atom. The molecule has 3 aromatic rings. The van der Waals surface area contributed by atoms with Crippen LogP contribution in [0.5, 0.6) is 5.75 Å². The van der Waals surface area contributed by atoms with Crippen LogP contribution in [0, 0.1) is 6.92 Å². The van der Waals surface area contributed by atoms with Crippen LogP contribution < -0.4 is 10.1 Å². The summed E-state index contributed by atoms with van der Waals surface area (Å²) >= 11 is 0. The summed E-state index contributed by atoms with van der Waals surface area (Å²) in [5, 5.41) is 11.2. The van der Waals surface area contributed by atoms with E-state index in [2.05, 4.69) is 20.5 Å². The summed E-state index contributed by atoms with van der Waals surface area (Å²) in [5.74, 6) is 0.0452. The van der Waals surface area contributed by atoms with E-state index in [1.807, 2.05) is 36.6 Å². The molecule has 0 spiro atoms. The van der Waals surface area contributed by atoms with Gasteiger partial charge in [0.1, 0.15) is 17.8 Å². The van der Waals surface area contributed by atoms with Crippen molar-refractivity contribution in [1.82, 2.24) is 39.8 Å². The lowest BCUT2D eigenvalue weighted by Gasteiger charge is -2.34. The minimum atomic E-state index is -0.540. The summed E-state index contributed by atoms with van der Waals surface area (Å²) in [5.41, 5.74) is 1.55. The predicted octanol–water partition coefficient (Wildman–Crippen LogP) is 1.37. The molecule has 0 atom stereocenters. The van der Waals surface area contributed by atoms with E-state index in [4.69, 9.17) is 9.47 Å². The van der Waals surface area contributed by atoms with Crippen LogP contribution in [0.25, 0.3) is 10.9 Å². The molecule has 0 saturated carbocycles. The zero-order chi connectivity index (χ0) is 30.3. The average molecular weight is 593 g/mol. The van der Waals surface area contributed by atoms with Crippen molar-refractivity contribution in [3.05, 3.63) is 47.7 Å². The summed E-state index contributed by atoms with van der Waals surface area (Å²) in [6.07, 6.45) is 3.03. The zero-order valence-electron chi connectivity index (χ0n) is 24.5. The number of amides is 4. The Kier molecular flexibility index (Phi) is 9.32. The molecule has 2 aliphatic heterocycles. The van der Waals surface area contributed by atoms with Crippen LogP contribution in [-0.2, 0) is 27.4 Å². The van der Waals surface area contributed by atoms with Gasteiger partial charge in [-0.1, -0.05) is 19.4 Å². The minimum absolute atomic E-state index is 0.0686. The summed E-state index contributed by atoms with van der Waals surface area (Å²) < 4.78 is 13.1. The topological polar surface area (TPSA) is 152 Å². The van der Waals surface area contributed by atoms with Crippen molar-refractivity contribution in [2.24, 2.45) is 0 Å². The maximum absolute atomic E-state index is 13.1. The lowest BCUT2D eigenvalue weighted by atomic mass is 10.1. The van der Waals surface area contributed by atoms with Crippen molar-refractivity contribution in [2.45, 2.75) is 39.8 Å². The zero-order valence-corrected chi connectivity index (χ0v) is 24.5. The molecule has 1 N–H and O–H groups in total. The van der Waals surface area contributed by atoms with Crippen molar-refractivity contribution in [3.63, 3.8) is 0 Å². The fraction of sp³-hybridized carbons (Fsp3) is 0.483. The standard InChI is InChI=1S/C29H36N8O6/c1-3-4-13-42-29(41)35-9-7-34(8-10-35)26(38)16-30-28(40)23-15-24(21-6-5-20(2)14-22(21)32-23)43-18-27(39)36-11-12-37-19-31-33-25(37)17-36/h5-6,14-15,19H,3-4,7-13,16-18H2,1-2H3,(H,30,40). The number of rotatable bonds is 9. The van der Waals surface area contributed by atoms with Crippen LogP contribution in [0.2, 0.25) is 0 Å². The quantitative estimate of drug-likeness (QED) is 0.363. The fourth-order valence-electron chi connectivity index (χ4n) is 4.94. The molecule has 2 aromatic heterocycles. The van der Waals surface area contributed by atoms with Crippen molar-refractivity contribution < 1.29 is 28.7 Å². The molecule has 14 heteroatoms. The molecule has 5 rings (SSSR count). The Morgan fingerprint density at radius 2 is 1.72 bits per heavy atom. The highest BCUT2D eigenvalue weighted by molar-refractivity contribution is 5.98. The van der Waals surface area contributed by atoms with Gasteiger partial charge in [0.2, 0.25) is 5.91 Å². The van der Waals surface area contributed by atoms with Crippen molar-refractivity contribution in [3.8, 4) is 5.75 Å². The molecule has 1 fully saturated rings. The van der Waals surface area contributed by atoms with Crippen LogP contribution in [0.15, 0.2) is 30.6 Å². The van der Waals surface area contributed by atoms with Crippen LogP contribution in [-0.4, -0.2) is 111 Å². The number of aryl methyl sites for hydroxylation is 1. The maximum Gasteiger partial charge on any atom is 0.409 e. The molecule has 4 amide bonds. The third-order valence-electron chi connectivity index (χ3n) is 7.52. The Labute approximate surface area is 248 Å².